The third-order valence-electron chi connectivity index (χ3n) is 4.83. The molecule has 3 amide bonds. The lowest BCUT2D eigenvalue weighted by Gasteiger charge is -2.40. The van der Waals surface area contributed by atoms with Crippen molar-refractivity contribution in [2.24, 2.45) is 4.99 Å². The fourth-order valence-corrected chi connectivity index (χ4v) is 5.39. The predicted octanol–water partition coefficient (Wildman–Crippen LogP) is 3.02. The van der Waals surface area contributed by atoms with Crippen molar-refractivity contribution in [2.45, 2.75) is 19.8 Å². The molecule has 0 radical (unpaired) electrons. The van der Waals surface area contributed by atoms with Crippen LogP contribution in [0.15, 0.2) is 29.3 Å². The molecule has 0 bridgehead atoms. The summed E-state index contributed by atoms with van der Waals surface area (Å²) in [6, 6.07) is 7.20. The van der Waals surface area contributed by atoms with Crippen molar-refractivity contribution in [3.63, 3.8) is 0 Å². The summed E-state index contributed by atoms with van der Waals surface area (Å²) in [6.45, 7) is 1.88. The van der Waals surface area contributed by atoms with Crippen LogP contribution in [0.2, 0.25) is 0 Å². The number of benzene rings is 1. The van der Waals surface area contributed by atoms with Crippen LogP contribution in [0.1, 0.15) is 27.9 Å². The molecular weight excluding hydrogens is 470 g/mol. The first kappa shape index (κ1) is 24.6. The molecule has 5 N–H and O–H groups in total. The van der Waals surface area contributed by atoms with E-state index in [-0.39, 0.29) is 36.4 Å². The van der Waals surface area contributed by atoms with Crippen LogP contribution < -0.4 is 10.6 Å². The lowest BCUT2D eigenvalue weighted by Crippen LogP contribution is -2.42. The van der Waals surface area contributed by atoms with Gasteiger partial charge >= 0.3 is 6.09 Å². The molecule has 1 aliphatic rings. The maximum atomic E-state index is 13.1. The number of thiazole rings is 1. The lowest BCUT2D eigenvalue weighted by atomic mass is 10.1. The predicted molar refractivity (Wildman–Crippen MR) is 128 cm³/mol. The normalized spacial score (nSPS) is 16.4. The molecule has 178 valence electrons. The molecule has 0 atom stereocenters. The van der Waals surface area contributed by atoms with Gasteiger partial charge in [0.15, 0.2) is 5.13 Å². The topological polar surface area (TPSA) is 164 Å². The molecule has 1 aromatic carbocycles. The van der Waals surface area contributed by atoms with E-state index < -0.39 is 16.7 Å². The zero-order valence-electron chi connectivity index (χ0n) is 17.9. The molecule has 1 saturated heterocycles. The standard InChI is InChI=1S/C20H25N5O6S2/c1-13(26)23-19-24-16(17(32-19)18(27)25-8-10-33(30,31)11-9-25)7-4-14-2-5-15(6-3-14)21-12-22-20(28)29/h2-3,5-6,12,30-31H,4,7-11H2,1H3,(H,21,22)(H,28,29)(H,23,24,26). The zero-order valence-corrected chi connectivity index (χ0v) is 19.5. The highest BCUT2D eigenvalue weighted by Gasteiger charge is 2.29. The zero-order chi connectivity index (χ0) is 24.0. The first-order valence-corrected chi connectivity index (χ1v) is 12.7. The van der Waals surface area contributed by atoms with Gasteiger partial charge in [0, 0.05) is 20.0 Å². The van der Waals surface area contributed by atoms with Crippen LogP contribution in [0.4, 0.5) is 15.6 Å². The molecule has 33 heavy (non-hydrogen) atoms. The van der Waals surface area contributed by atoms with E-state index in [1.54, 1.807) is 17.0 Å². The van der Waals surface area contributed by atoms with E-state index in [0.29, 0.717) is 34.2 Å². The average Bonchev–Trinajstić information content (AvgIpc) is 3.14. The summed E-state index contributed by atoms with van der Waals surface area (Å²) in [5.74, 6) is -0.204. The van der Waals surface area contributed by atoms with Crippen LogP contribution in [0.25, 0.3) is 0 Å². The van der Waals surface area contributed by atoms with E-state index in [0.717, 1.165) is 23.2 Å². The van der Waals surface area contributed by atoms with Gasteiger partial charge in [-0.05, 0) is 30.5 Å². The number of aromatic nitrogens is 1. The molecule has 2 aromatic rings. The second kappa shape index (κ2) is 10.7. The summed E-state index contributed by atoms with van der Waals surface area (Å²) < 4.78 is 19.6. The van der Waals surface area contributed by atoms with Gasteiger partial charge < -0.3 is 15.3 Å². The highest BCUT2D eigenvalue weighted by Crippen LogP contribution is 2.40. The van der Waals surface area contributed by atoms with Crippen molar-refractivity contribution in [2.75, 3.05) is 29.9 Å². The van der Waals surface area contributed by atoms with Gasteiger partial charge in [0.25, 0.3) is 5.91 Å². The van der Waals surface area contributed by atoms with Crippen LogP contribution >= 0.6 is 21.9 Å². The first-order chi connectivity index (χ1) is 15.6. The van der Waals surface area contributed by atoms with Crippen molar-refractivity contribution in [3.8, 4) is 0 Å². The molecule has 13 heteroatoms. The van der Waals surface area contributed by atoms with Crippen molar-refractivity contribution in [1.29, 1.82) is 0 Å². The fourth-order valence-electron chi connectivity index (χ4n) is 3.14. The van der Waals surface area contributed by atoms with Crippen molar-refractivity contribution < 1.29 is 28.6 Å². The Morgan fingerprint density at radius 2 is 1.85 bits per heavy atom. The van der Waals surface area contributed by atoms with Crippen molar-refractivity contribution in [3.05, 3.63) is 40.4 Å². The average molecular weight is 496 g/mol. The quantitative estimate of drug-likeness (QED) is 0.291. The number of hydrogen-bond acceptors (Lipinski definition) is 8. The second-order valence-electron chi connectivity index (χ2n) is 7.35. The van der Waals surface area contributed by atoms with Crippen LogP contribution in [-0.4, -0.2) is 72.9 Å². The van der Waals surface area contributed by atoms with Gasteiger partial charge in [-0.1, -0.05) is 23.5 Å². The Labute approximate surface area is 195 Å². The van der Waals surface area contributed by atoms with Gasteiger partial charge in [0.2, 0.25) is 5.91 Å². The number of nitrogens with one attached hydrogen (secondary N) is 2. The minimum absolute atomic E-state index is 0.155. The number of rotatable bonds is 7. The Bertz CT molecular complexity index is 1040. The van der Waals surface area contributed by atoms with Gasteiger partial charge in [-0.2, -0.15) is 10.6 Å². The van der Waals surface area contributed by atoms with Crippen LogP contribution in [-0.2, 0) is 17.6 Å². The molecule has 0 unspecified atom stereocenters. The van der Waals surface area contributed by atoms with Gasteiger partial charge in [-0.3, -0.25) is 24.0 Å². The Balaban J connectivity index is 1.70. The van der Waals surface area contributed by atoms with Gasteiger partial charge in [0.1, 0.15) is 4.88 Å². The van der Waals surface area contributed by atoms with Crippen molar-refractivity contribution in [1.82, 2.24) is 15.2 Å². The van der Waals surface area contributed by atoms with Crippen molar-refractivity contribution >= 4 is 57.0 Å². The molecule has 3 rings (SSSR count). The van der Waals surface area contributed by atoms with E-state index in [1.807, 2.05) is 17.4 Å². The van der Waals surface area contributed by atoms with E-state index in [2.05, 4.69) is 15.3 Å². The van der Waals surface area contributed by atoms with E-state index in [1.165, 1.54) is 6.92 Å². The fraction of sp³-hybridized carbons (Fsp3) is 0.350. The number of nitrogens with zero attached hydrogens (tertiary/aromatic N) is 3. The Kier molecular flexibility index (Phi) is 8.02. The highest BCUT2D eigenvalue weighted by molar-refractivity contribution is 8.24. The number of aryl methyl sites for hydroxylation is 2. The van der Waals surface area contributed by atoms with E-state index in [4.69, 9.17) is 5.11 Å². The molecule has 2 heterocycles. The first-order valence-electron chi connectivity index (χ1n) is 10.0. The number of anilines is 1. The summed E-state index contributed by atoms with van der Waals surface area (Å²) in [4.78, 5) is 45.5. The SMILES string of the molecule is CC(=O)Nc1nc(CCc2ccc(N=CNC(=O)O)cc2)c(C(=O)N2CCS(O)(O)CC2)s1. The molecule has 1 aromatic heterocycles. The number of aliphatic imine (C=N–C) groups is 1. The Morgan fingerprint density at radius 1 is 1.18 bits per heavy atom. The van der Waals surface area contributed by atoms with E-state index >= 15 is 0 Å². The molecule has 1 fully saturated rings. The number of carbonyl (C=O) groups excluding carboxylic acids is 2. The number of carboxylic acid groups (broad SMARTS) is 1. The molecular formula is C20H25N5O6S2. The summed E-state index contributed by atoms with van der Waals surface area (Å²) in [5, 5.41) is 13.6. The highest BCUT2D eigenvalue weighted by atomic mass is 32.3. The number of hydrogen-bond donors (Lipinski definition) is 5. The molecule has 0 aliphatic carbocycles. The molecule has 1 aliphatic heterocycles. The minimum Gasteiger partial charge on any atom is -0.465 e. The van der Waals surface area contributed by atoms with Crippen LogP contribution in [0, 0.1) is 0 Å². The van der Waals surface area contributed by atoms with E-state index in [9.17, 15) is 23.5 Å². The molecule has 11 nitrogen and oxygen atoms in total. The third-order valence-corrected chi connectivity index (χ3v) is 7.50. The Hall–Kier alpha value is -3.00. The van der Waals surface area contributed by atoms with Gasteiger partial charge in [-0.25, -0.2) is 14.8 Å². The number of carbonyl (C=O) groups is 3. The summed E-state index contributed by atoms with van der Waals surface area (Å²) in [5.41, 5.74) is 2.12. The van der Waals surface area contributed by atoms with Crippen LogP contribution in [0.3, 0.4) is 0 Å². The largest absolute Gasteiger partial charge is 0.465 e. The maximum Gasteiger partial charge on any atom is 0.409 e. The smallest absolute Gasteiger partial charge is 0.409 e. The summed E-state index contributed by atoms with van der Waals surface area (Å²) >= 11 is 1.11. The lowest BCUT2D eigenvalue weighted by molar-refractivity contribution is -0.114. The van der Waals surface area contributed by atoms with Gasteiger partial charge in [0.05, 0.1) is 29.2 Å². The molecule has 0 saturated carbocycles. The second-order valence-corrected chi connectivity index (χ2v) is 10.8. The monoisotopic (exact) mass is 495 g/mol. The van der Waals surface area contributed by atoms with Gasteiger partial charge in [-0.15, -0.1) is 0 Å². The third kappa shape index (κ3) is 7.25. The summed E-state index contributed by atoms with van der Waals surface area (Å²) in [7, 11) is -2.62. The maximum absolute atomic E-state index is 13.1. The number of amides is 3. The Morgan fingerprint density at radius 3 is 2.45 bits per heavy atom. The minimum atomic E-state index is -2.62. The van der Waals surface area contributed by atoms with Crippen LogP contribution in [0.5, 0.6) is 0 Å². The summed E-state index contributed by atoms with van der Waals surface area (Å²) in [6.07, 6.45) is 0.943. The molecule has 0 spiro atoms.